The molecule has 2 aliphatic heterocycles. The maximum atomic E-state index is 12.1. The molecule has 0 saturated carbocycles. The molecule has 5 nitrogen and oxygen atoms in total. The van der Waals surface area contributed by atoms with Crippen molar-refractivity contribution < 1.29 is 14.3 Å². The number of hydrogen-bond donors (Lipinski definition) is 1. The number of morpholine rings is 2. The first-order chi connectivity index (χ1) is 8.15. The van der Waals surface area contributed by atoms with E-state index in [0.717, 1.165) is 13.2 Å². The van der Waals surface area contributed by atoms with Crippen LogP contribution in [0.5, 0.6) is 0 Å². The van der Waals surface area contributed by atoms with Gasteiger partial charge in [-0.05, 0) is 13.8 Å². The monoisotopic (exact) mass is 278 g/mol. The normalized spacial score (nSPS) is 32.8. The van der Waals surface area contributed by atoms with Crippen LogP contribution in [0.1, 0.15) is 20.3 Å². The highest BCUT2D eigenvalue weighted by atomic mass is 35.5. The minimum absolute atomic E-state index is 0. The summed E-state index contributed by atoms with van der Waals surface area (Å²) in [7, 11) is 0. The van der Waals surface area contributed by atoms with Crippen molar-refractivity contribution in [2.24, 2.45) is 0 Å². The second-order valence-corrected chi connectivity index (χ2v) is 4.99. The third kappa shape index (κ3) is 4.39. The van der Waals surface area contributed by atoms with Crippen LogP contribution in [0.25, 0.3) is 0 Å². The summed E-state index contributed by atoms with van der Waals surface area (Å²) >= 11 is 0. The van der Waals surface area contributed by atoms with Crippen molar-refractivity contribution in [2.45, 2.75) is 38.5 Å². The minimum Gasteiger partial charge on any atom is -0.378 e. The van der Waals surface area contributed by atoms with Crippen molar-refractivity contribution in [1.82, 2.24) is 10.2 Å². The lowest BCUT2D eigenvalue weighted by atomic mass is 10.1. The molecule has 0 radical (unpaired) electrons. The van der Waals surface area contributed by atoms with E-state index < -0.39 is 0 Å². The quantitative estimate of drug-likeness (QED) is 0.796. The zero-order valence-corrected chi connectivity index (χ0v) is 11.9. The number of carbonyl (C=O) groups is 1. The second-order valence-electron chi connectivity index (χ2n) is 4.99. The molecule has 2 heterocycles. The first kappa shape index (κ1) is 15.7. The molecule has 2 saturated heterocycles. The maximum Gasteiger partial charge on any atom is 0.224 e. The van der Waals surface area contributed by atoms with Crippen molar-refractivity contribution in [3.8, 4) is 0 Å². The van der Waals surface area contributed by atoms with E-state index in [2.05, 4.69) is 5.32 Å². The van der Waals surface area contributed by atoms with E-state index in [1.165, 1.54) is 0 Å². The third-order valence-electron chi connectivity index (χ3n) is 3.19. The number of nitrogens with zero attached hydrogens (tertiary/aromatic N) is 1. The summed E-state index contributed by atoms with van der Waals surface area (Å²) in [5.41, 5.74) is 0. The van der Waals surface area contributed by atoms with Crippen LogP contribution in [-0.2, 0) is 14.3 Å². The minimum atomic E-state index is 0. The molecule has 0 spiro atoms. The number of ether oxygens (including phenoxy) is 2. The highest BCUT2D eigenvalue weighted by molar-refractivity contribution is 5.85. The summed E-state index contributed by atoms with van der Waals surface area (Å²) in [4.78, 5) is 14.0. The average molecular weight is 279 g/mol. The lowest BCUT2D eigenvalue weighted by Gasteiger charge is -2.36. The highest BCUT2D eigenvalue weighted by Crippen LogP contribution is 2.12. The van der Waals surface area contributed by atoms with Gasteiger partial charge < -0.3 is 19.7 Å². The molecule has 0 aromatic rings. The van der Waals surface area contributed by atoms with Gasteiger partial charge in [-0.25, -0.2) is 0 Å². The van der Waals surface area contributed by atoms with Crippen molar-refractivity contribution in [1.29, 1.82) is 0 Å². The molecule has 3 atom stereocenters. The Morgan fingerprint density at radius 2 is 2.00 bits per heavy atom. The average Bonchev–Trinajstić information content (AvgIpc) is 2.29. The van der Waals surface area contributed by atoms with Crippen molar-refractivity contribution in [3.63, 3.8) is 0 Å². The molecule has 6 heteroatoms. The zero-order chi connectivity index (χ0) is 12.3. The summed E-state index contributed by atoms with van der Waals surface area (Å²) in [5.74, 6) is 0.204. The Bertz CT molecular complexity index is 262. The van der Waals surface area contributed by atoms with Gasteiger partial charge in [-0.1, -0.05) is 0 Å². The fourth-order valence-electron chi connectivity index (χ4n) is 2.47. The van der Waals surface area contributed by atoms with Gasteiger partial charge in [0.15, 0.2) is 0 Å². The van der Waals surface area contributed by atoms with Crippen molar-refractivity contribution in [3.05, 3.63) is 0 Å². The smallest absolute Gasteiger partial charge is 0.224 e. The summed E-state index contributed by atoms with van der Waals surface area (Å²) in [5, 5.41) is 3.31. The molecule has 106 valence electrons. The molecule has 3 unspecified atom stereocenters. The fraction of sp³-hybridized carbons (Fsp3) is 0.917. The van der Waals surface area contributed by atoms with Gasteiger partial charge in [0.25, 0.3) is 0 Å². The zero-order valence-electron chi connectivity index (χ0n) is 11.1. The number of nitrogens with one attached hydrogen (secondary N) is 1. The van der Waals surface area contributed by atoms with Gasteiger partial charge in [-0.15, -0.1) is 12.4 Å². The maximum absolute atomic E-state index is 12.1. The van der Waals surface area contributed by atoms with Gasteiger partial charge in [0.05, 0.1) is 25.4 Å². The standard InChI is InChI=1S/C12H22N2O3.ClH/c1-9-6-14(7-10(2)17-9)12(15)5-11-8-16-4-3-13-11;/h9-11,13H,3-8H2,1-2H3;1H. The Hall–Kier alpha value is -0.360. The summed E-state index contributed by atoms with van der Waals surface area (Å²) < 4.78 is 11.0. The Balaban J connectivity index is 0.00000162. The van der Waals surface area contributed by atoms with Gasteiger partial charge in [0.2, 0.25) is 5.91 Å². The van der Waals surface area contributed by atoms with Crippen LogP contribution in [-0.4, -0.2) is 61.9 Å². The van der Waals surface area contributed by atoms with Gasteiger partial charge >= 0.3 is 0 Å². The van der Waals surface area contributed by atoms with Gasteiger partial charge in [0, 0.05) is 32.1 Å². The van der Waals surface area contributed by atoms with Crippen LogP contribution in [0.4, 0.5) is 0 Å². The molecule has 0 aliphatic carbocycles. The molecule has 2 aliphatic rings. The van der Waals surface area contributed by atoms with Gasteiger partial charge in [0.1, 0.15) is 0 Å². The summed E-state index contributed by atoms with van der Waals surface area (Å²) in [6.07, 6.45) is 0.802. The van der Waals surface area contributed by atoms with Crippen LogP contribution in [0.15, 0.2) is 0 Å². The molecule has 1 amide bonds. The van der Waals surface area contributed by atoms with E-state index in [1.807, 2.05) is 18.7 Å². The van der Waals surface area contributed by atoms with E-state index in [9.17, 15) is 4.79 Å². The largest absolute Gasteiger partial charge is 0.378 e. The van der Waals surface area contributed by atoms with E-state index in [-0.39, 0.29) is 36.6 Å². The fourth-order valence-corrected chi connectivity index (χ4v) is 2.47. The predicted molar refractivity (Wildman–Crippen MR) is 71.1 cm³/mol. The van der Waals surface area contributed by atoms with E-state index >= 15 is 0 Å². The molecular weight excluding hydrogens is 256 g/mol. The number of amides is 1. The first-order valence-electron chi connectivity index (χ1n) is 6.39. The molecule has 0 bridgehead atoms. The summed E-state index contributed by atoms with van der Waals surface area (Å²) in [6, 6.07) is 0.171. The molecule has 18 heavy (non-hydrogen) atoms. The lowest BCUT2D eigenvalue weighted by Crippen LogP contribution is -2.51. The SMILES string of the molecule is CC1CN(C(=O)CC2COCCN2)CC(C)O1.Cl. The van der Waals surface area contributed by atoms with Crippen LogP contribution in [0.3, 0.4) is 0 Å². The summed E-state index contributed by atoms with van der Waals surface area (Å²) in [6.45, 7) is 7.66. The van der Waals surface area contributed by atoms with Crippen molar-refractivity contribution in [2.75, 3.05) is 32.8 Å². The van der Waals surface area contributed by atoms with E-state index in [4.69, 9.17) is 9.47 Å². The predicted octanol–water partition coefficient (Wildman–Crippen LogP) is 0.422. The van der Waals surface area contributed by atoms with Crippen molar-refractivity contribution >= 4 is 18.3 Å². The molecule has 2 rings (SSSR count). The number of rotatable bonds is 2. The third-order valence-corrected chi connectivity index (χ3v) is 3.19. The number of carbonyl (C=O) groups excluding carboxylic acids is 1. The Morgan fingerprint density at radius 3 is 2.56 bits per heavy atom. The highest BCUT2D eigenvalue weighted by Gasteiger charge is 2.27. The molecule has 0 aromatic heterocycles. The van der Waals surface area contributed by atoms with Gasteiger partial charge in [-0.2, -0.15) is 0 Å². The Kier molecular flexibility index (Phi) is 6.35. The van der Waals surface area contributed by atoms with Gasteiger partial charge in [-0.3, -0.25) is 4.79 Å². The van der Waals surface area contributed by atoms with Crippen LogP contribution in [0, 0.1) is 0 Å². The topological polar surface area (TPSA) is 50.8 Å². The second kappa shape index (κ2) is 7.28. The molecule has 2 fully saturated rings. The lowest BCUT2D eigenvalue weighted by molar-refractivity contribution is -0.144. The Labute approximate surface area is 115 Å². The van der Waals surface area contributed by atoms with E-state index in [0.29, 0.717) is 26.1 Å². The van der Waals surface area contributed by atoms with Crippen LogP contribution < -0.4 is 5.32 Å². The Morgan fingerprint density at radius 1 is 1.33 bits per heavy atom. The number of halogens is 1. The molecular formula is C12H23ClN2O3. The van der Waals surface area contributed by atoms with Crippen LogP contribution in [0.2, 0.25) is 0 Å². The van der Waals surface area contributed by atoms with Crippen LogP contribution >= 0.6 is 12.4 Å². The molecule has 1 N–H and O–H groups in total. The first-order valence-corrected chi connectivity index (χ1v) is 6.39. The van der Waals surface area contributed by atoms with E-state index in [1.54, 1.807) is 0 Å². The number of hydrogen-bond acceptors (Lipinski definition) is 4. The molecule has 0 aromatic carbocycles.